The first kappa shape index (κ1) is 22.5. The van der Waals surface area contributed by atoms with Crippen molar-refractivity contribution in [1.29, 1.82) is 0 Å². The first-order valence-electron chi connectivity index (χ1n) is 9.96. The molecule has 1 fully saturated rings. The minimum Gasteiger partial charge on any atom is -0.379 e. The maximum Gasteiger partial charge on any atom is 0.226 e. The Labute approximate surface area is 172 Å². The van der Waals surface area contributed by atoms with E-state index in [0.29, 0.717) is 23.7 Å². The molecule has 1 aromatic carbocycles. The summed E-state index contributed by atoms with van der Waals surface area (Å²) < 4.78 is 5.36. The molecule has 1 aliphatic rings. The molecule has 0 radical (unpaired) electrons. The van der Waals surface area contributed by atoms with Crippen molar-refractivity contribution >= 4 is 29.2 Å². The summed E-state index contributed by atoms with van der Waals surface area (Å²) in [6.45, 7) is 10.7. The van der Waals surface area contributed by atoms with E-state index in [1.165, 1.54) is 0 Å². The zero-order valence-corrected chi connectivity index (χ0v) is 17.6. The number of halogens is 1. The van der Waals surface area contributed by atoms with E-state index in [4.69, 9.17) is 16.3 Å². The number of morpholine rings is 1. The molecule has 3 N–H and O–H groups in total. The molecule has 1 amide bonds. The largest absolute Gasteiger partial charge is 0.379 e. The lowest BCUT2D eigenvalue weighted by molar-refractivity contribution is -0.116. The van der Waals surface area contributed by atoms with Crippen LogP contribution in [-0.2, 0) is 9.53 Å². The van der Waals surface area contributed by atoms with Crippen molar-refractivity contribution in [3.05, 3.63) is 28.8 Å². The molecule has 8 heteroatoms. The summed E-state index contributed by atoms with van der Waals surface area (Å²) in [7, 11) is 0. The summed E-state index contributed by atoms with van der Waals surface area (Å²) >= 11 is 6.16. The van der Waals surface area contributed by atoms with E-state index >= 15 is 0 Å². The number of benzene rings is 1. The highest BCUT2D eigenvalue weighted by Crippen LogP contribution is 2.22. The van der Waals surface area contributed by atoms with Crippen LogP contribution >= 0.6 is 11.6 Å². The Morgan fingerprint density at radius 1 is 1.29 bits per heavy atom. The number of aliphatic imine (C=N–C) groups is 1. The van der Waals surface area contributed by atoms with Crippen LogP contribution in [0.5, 0.6) is 0 Å². The molecule has 0 aromatic heterocycles. The number of rotatable bonds is 9. The summed E-state index contributed by atoms with van der Waals surface area (Å²) in [5, 5.41) is 9.82. The zero-order valence-electron chi connectivity index (χ0n) is 16.9. The van der Waals surface area contributed by atoms with Gasteiger partial charge in [-0.15, -0.1) is 0 Å². The summed E-state index contributed by atoms with van der Waals surface area (Å²) in [4.78, 5) is 19.1. The molecule has 7 nitrogen and oxygen atoms in total. The van der Waals surface area contributed by atoms with Crippen LogP contribution in [0.3, 0.4) is 0 Å². The number of nitrogens with one attached hydrogen (secondary N) is 3. The Kier molecular flexibility index (Phi) is 10.1. The predicted octanol–water partition coefficient (Wildman–Crippen LogP) is 2.25. The number of carbonyl (C=O) groups excluding carboxylic acids is 1. The highest BCUT2D eigenvalue weighted by molar-refractivity contribution is 6.33. The van der Waals surface area contributed by atoms with Crippen LogP contribution in [0.2, 0.25) is 5.02 Å². The number of nitrogens with zero attached hydrogens (tertiary/aromatic N) is 2. The molecule has 28 heavy (non-hydrogen) atoms. The fraction of sp³-hybridized carbons (Fsp3) is 0.600. The molecule has 1 aromatic rings. The Balaban J connectivity index is 1.68. The summed E-state index contributed by atoms with van der Waals surface area (Å²) in [5.41, 5.74) is 1.70. The molecule has 0 atom stereocenters. The van der Waals surface area contributed by atoms with Gasteiger partial charge in [-0.1, -0.05) is 17.7 Å². The molecule has 0 spiro atoms. The molecule has 0 unspecified atom stereocenters. The second kappa shape index (κ2) is 12.6. The van der Waals surface area contributed by atoms with Gasteiger partial charge in [0.15, 0.2) is 5.96 Å². The van der Waals surface area contributed by atoms with E-state index in [-0.39, 0.29) is 5.91 Å². The van der Waals surface area contributed by atoms with Crippen molar-refractivity contribution in [3.63, 3.8) is 0 Å². The van der Waals surface area contributed by atoms with Gasteiger partial charge in [-0.25, -0.2) is 0 Å². The number of amides is 1. The van der Waals surface area contributed by atoms with Gasteiger partial charge in [-0.05, 0) is 38.0 Å². The lowest BCUT2D eigenvalue weighted by atomic mass is 10.2. The Morgan fingerprint density at radius 2 is 2.07 bits per heavy atom. The lowest BCUT2D eigenvalue weighted by Gasteiger charge is -2.26. The molecule has 0 saturated carbocycles. The van der Waals surface area contributed by atoms with Crippen molar-refractivity contribution in [2.75, 3.05) is 57.8 Å². The van der Waals surface area contributed by atoms with Gasteiger partial charge in [0, 0.05) is 45.7 Å². The van der Waals surface area contributed by atoms with Crippen molar-refractivity contribution in [1.82, 2.24) is 15.5 Å². The number of anilines is 1. The molecular weight excluding hydrogens is 378 g/mol. The monoisotopic (exact) mass is 409 g/mol. The lowest BCUT2D eigenvalue weighted by Crippen LogP contribution is -2.39. The highest BCUT2D eigenvalue weighted by Gasteiger charge is 2.09. The molecule has 1 aliphatic heterocycles. The van der Waals surface area contributed by atoms with E-state index in [9.17, 15) is 4.79 Å². The van der Waals surface area contributed by atoms with Gasteiger partial charge in [0.25, 0.3) is 0 Å². The fourth-order valence-corrected chi connectivity index (χ4v) is 3.16. The second-order valence-corrected chi connectivity index (χ2v) is 7.18. The highest BCUT2D eigenvalue weighted by atomic mass is 35.5. The normalized spacial score (nSPS) is 15.3. The quantitative estimate of drug-likeness (QED) is 0.331. The average molecular weight is 410 g/mol. The zero-order chi connectivity index (χ0) is 20.2. The van der Waals surface area contributed by atoms with Crippen LogP contribution in [-0.4, -0.2) is 69.2 Å². The maximum absolute atomic E-state index is 12.1. The van der Waals surface area contributed by atoms with Gasteiger partial charge >= 0.3 is 0 Å². The van der Waals surface area contributed by atoms with Crippen LogP contribution in [0.25, 0.3) is 0 Å². The Morgan fingerprint density at radius 3 is 2.79 bits per heavy atom. The van der Waals surface area contributed by atoms with E-state index in [1.54, 1.807) is 0 Å². The van der Waals surface area contributed by atoms with E-state index in [0.717, 1.165) is 63.9 Å². The first-order valence-corrected chi connectivity index (χ1v) is 10.3. The SMILES string of the molecule is CCNC(=NCCCN1CCOCC1)NCCC(=O)Nc1ccc(C)cc1Cl. The maximum atomic E-state index is 12.1. The van der Waals surface area contributed by atoms with Crippen LogP contribution in [0, 0.1) is 6.92 Å². The van der Waals surface area contributed by atoms with Crippen LogP contribution < -0.4 is 16.0 Å². The van der Waals surface area contributed by atoms with Crippen LogP contribution in [0.4, 0.5) is 5.69 Å². The molecular formula is C20H32ClN5O2. The molecule has 0 aliphatic carbocycles. The van der Waals surface area contributed by atoms with Crippen molar-refractivity contribution in [2.45, 2.75) is 26.7 Å². The second-order valence-electron chi connectivity index (χ2n) is 6.78. The van der Waals surface area contributed by atoms with E-state index < -0.39 is 0 Å². The van der Waals surface area contributed by atoms with Crippen molar-refractivity contribution < 1.29 is 9.53 Å². The number of hydrogen-bond acceptors (Lipinski definition) is 4. The van der Waals surface area contributed by atoms with Gasteiger partial charge in [-0.2, -0.15) is 0 Å². The molecule has 1 saturated heterocycles. The standard InChI is InChI=1S/C20H32ClN5O2/c1-3-22-20(23-8-4-10-26-11-13-28-14-12-26)24-9-7-19(27)25-18-6-5-16(2)15-17(18)21/h5-6,15H,3-4,7-14H2,1-2H3,(H,25,27)(H2,22,23,24). The van der Waals surface area contributed by atoms with Gasteiger partial charge < -0.3 is 20.7 Å². The van der Waals surface area contributed by atoms with Gasteiger partial charge in [0.1, 0.15) is 0 Å². The molecule has 0 bridgehead atoms. The van der Waals surface area contributed by atoms with Gasteiger partial charge in [0.05, 0.1) is 23.9 Å². The van der Waals surface area contributed by atoms with Crippen LogP contribution in [0.15, 0.2) is 23.2 Å². The van der Waals surface area contributed by atoms with Crippen molar-refractivity contribution in [2.24, 2.45) is 4.99 Å². The van der Waals surface area contributed by atoms with Gasteiger partial charge in [0.2, 0.25) is 5.91 Å². The molecule has 2 rings (SSSR count). The topological polar surface area (TPSA) is 78.0 Å². The number of hydrogen-bond donors (Lipinski definition) is 3. The minimum atomic E-state index is -0.0820. The predicted molar refractivity (Wildman–Crippen MR) is 115 cm³/mol. The van der Waals surface area contributed by atoms with Crippen LogP contribution in [0.1, 0.15) is 25.3 Å². The van der Waals surface area contributed by atoms with E-state index in [2.05, 4.69) is 25.8 Å². The smallest absolute Gasteiger partial charge is 0.226 e. The minimum absolute atomic E-state index is 0.0820. The average Bonchev–Trinajstić information content (AvgIpc) is 2.68. The Bertz CT molecular complexity index is 647. The third kappa shape index (κ3) is 8.46. The molecule has 156 valence electrons. The Hall–Kier alpha value is -1.83. The molecule has 1 heterocycles. The summed E-state index contributed by atoms with van der Waals surface area (Å²) in [6.07, 6.45) is 1.34. The fourth-order valence-electron chi connectivity index (χ4n) is 2.88. The van der Waals surface area contributed by atoms with Crippen molar-refractivity contribution in [3.8, 4) is 0 Å². The third-order valence-corrected chi connectivity index (χ3v) is 4.71. The first-order chi connectivity index (χ1) is 13.6. The van der Waals surface area contributed by atoms with E-state index in [1.807, 2.05) is 32.0 Å². The number of guanidine groups is 1. The number of carbonyl (C=O) groups is 1. The number of aryl methyl sites for hydroxylation is 1. The summed E-state index contributed by atoms with van der Waals surface area (Å²) in [6, 6.07) is 5.58. The third-order valence-electron chi connectivity index (χ3n) is 4.39. The number of ether oxygens (including phenoxy) is 1. The van der Waals surface area contributed by atoms with Gasteiger partial charge in [-0.3, -0.25) is 14.7 Å². The summed E-state index contributed by atoms with van der Waals surface area (Å²) in [5.74, 6) is 0.659.